The zero-order valence-electron chi connectivity index (χ0n) is 12.5. The summed E-state index contributed by atoms with van der Waals surface area (Å²) in [5.41, 5.74) is 0.132. The Balaban J connectivity index is 1.79. The molecule has 2 rings (SSSR count). The lowest BCUT2D eigenvalue weighted by molar-refractivity contribution is 0.0263. The molecule has 0 bridgehead atoms. The summed E-state index contributed by atoms with van der Waals surface area (Å²) in [6, 6.07) is 0.756. The van der Waals surface area contributed by atoms with E-state index in [2.05, 4.69) is 37.7 Å². The van der Waals surface area contributed by atoms with Crippen LogP contribution in [0.3, 0.4) is 0 Å². The van der Waals surface area contributed by atoms with Gasteiger partial charge in [-0.1, -0.05) is 13.8 Å². The summed E-state index contributed by atoms with van der Waals surface area (Å²) in [5.74, 6) is 0.496. The van der Waals surface area contributed by atoms with Gasteiger partial charge in [-0.3, -0.25) is 0 Å². The van der Waals surface area contributed by atoms with Crippen LogP contribution in [0.15, 0.2) is 0 Å². The van der Waals surface area contributed by atoms with Crippen LogP contribution in [0.5, 0.6) is 0 Å². The number of aliphatic hydroxyl groups excluding tert-OH is 1. The van der Waals surface area contributed by atoms with Gasteiger partial charge in [0.2, 0.25) is 0 Å². The molecule has 1 aliphatic heterocycles. The van der Waals surface area contributed by atoms with E-state index in [0.29, 0.717) is 5.92 Å². The van der Waals surface area contributed by atoms with E-state index < -0.39 is 0 Å². The molecule has 2 aliphatic rings. The number of hydrogen-bond donors (Lipinski definition) is 1. The minimum absolute atomic E-state index is 0.107. The van der Waals surface area contributed by atoms with Crippen molar-refractivity contribution in [2.75, 3.05) is 33.7 Å². The topological polar surface area (TPSA) is 26.7 Å². The highest BCUT2D eigenvalue weighted by atomic mass is 16.3. The van der Waals surface area contributed by atoms with Crippen molar-refractivity contribution in [3.05, 3.63) is 0 Å². The van der Waals surface area contributed by atoms with Gasteiger partial charge in [0, 0.05) is 12.6 Å². The Bertz CT molecular complexity index is 270. The molecule has 1 aliphatic carbocycles. The highest BCUT2D eigenvalue weighted by Crippen LogP contribution is 2.41. The molecular weight excluding hydrogens is 224 g/mol. The molecule has 106 valence electrons. The molecule has 1 N–H and O–H groups in total. The van der Waals surface area contributed by atoms with Gasteiger partial charge in [-0.15, -0.1) is 0 Å². The summed E-state index contributed by atoms with van der Waals surface area (Å²) in [7, 11) is 4.37. The van der Waals surface area contributed by atoms with Crippen molar-refractivity contribution in [2.24, 2.45) is 11.3 Å². The summed E-state index contributed by atoms with van der Waals surface area (Å²) < 4.78 is 0. The monoisotopic (exact) mass is 254 g/mol. The maximum atomic E-state index is 10.4. The molecule has 0 spiro atoms. The Labute approximate surface area is 112 Å². The van der Waals surface area contributed by atoms with Crippen LogP contribution in [0.2, 0.25) is 0 Å². The molecule has 3 heteroatoms. The van der Waals surface area contributed by atoms with Gasteiger partial charge in [0.05, 0.1) is 6.10 Å². The predicted molar refractivity (Wildman–Crippen MR) is 75.7 cm³/mol. The Morgan fingerprint density at radius 3 is 2.22 bits per heavy atom. The quantitative estimate of drug-likeness (QED) is 0.832. The number of nitrogens with zero attached hydrogens (tertiary/aromatic N) is 2. The molecule has 0 aromatic rings. The summed E-state index contributed by atoms with van der Waals surface area (Å²) >= 11 is 0. The third-order valence-electron chi connectivity index (χ3n) is 5.19. The van der Waals surface area contributed by atoms with Crippen LogP contribution >= 0.6 is 0 Å². The molecule has 2 fully saturated rings. The number of piperidine rings is 1. The first kappa shape index (κ1) is 14.3. The lowest BCUT2D eigenvalue weighted by Crippen LogP contribution is -2.45. The van der Waals surface area contributed by atoms with Crippen LogP contribution in [0.25, 0.3) is 0 Å². The van der Waals surface area contributed by atoms with Gasteiger partial charge in [-0.25, -0.2) is 0 Å². The van der Waals surface area contributed by atoms with Gasteiger partial charge in [-0.05, 0) is 64.2 Å². The van der Waals surface area contributed by atoms with Crippen LogP contribution in [0.4, 0.5) is 0 Å². The number of aliphatic hydroxyl groups is 1. The van der Waals surface area contributed by atoms with E-state index in [1.54, 1.807) is 0 Å². The summed E-state index contributed by atoms with van der Waals surface area (Å²) in [5, 5.41) is 10.4. The smallest absolute Gasteiger partial charge is 0.0631 e. The van der Waals surface area contributed by atoms with Gasteiger partial charge in [0.15, 0.2) is 0 Å². The number of likely N-dealkylation sites (tertiary alicyclic amines) is 1. The van der Waals surface area contributed by atoms with Crippen molar-refractivity contribution in [1.82, 2.24) is 9.80 Å². The first-order valence-electron chi connectivity index (χ1n) is 7.47. The molecule has 0 aromatic carbocycles. The molecule has 2 atom stereocenters. The van der Waals surface area contributed by atoms with E-state index in [-0.39, 0.29) is 11.5 Å². The van der Waals surface area contributed by atoms with Crippen molar-refractivity contribution in [3.8, 4) is 0 Å². The fourth-order valence-corrected chi connectivity index (χ4v) is 3.64. The van der Waals surface area contributed by atoms with E-state index in [9.17, 15) is 5.11 Å². The first-order chi connectivity index (χ1) is 8.40. The fraction of sp³-hybridized carbons (Fsp3) is 1.00. The second kappa shape index (κ2) is 5.48. The Morgan fingerprint density at radius 2 is 1.78 bits per heavy atom. The van der Waals surface area contributed by atoms with Crippen molar-refractivity contribution in [3.63, 3.8) is 0 Å². The second-order valence-electron chi connectivity index (χ2n) is 7.23. The molecule has 0 radical (unpaired) electrons. The normalized spacial score (nSPS) is 34.3. The minimum atomic E-state index is -0.107. The van der Waals surface area contributed by atoms with Crippen LogP contribution in [0.1, 0.15) is 39.5 Å². The van der Waals surface area contributed by atoms with E-state index in [0.717, 1.165) is 12.6 Å². The van der Waals surface area contributed by atoms with E-state index in [1.165, 1.54) is 38.8 Å². The summed E-state index contributed by atoms with van der Waals surface area (Å²) in [6.45, 7) is 7.91. The van der Waals surface area contributed by atoms with Gasteiger partial charge in [0.25, 0.3) is 0 Å². The van der Waals surface area contributed by atoms with Crippen molar-refractivity contribution < 1.29 is 5.11 Å². The van der Waals surface area contributed by atoms with Crippen molar-refractivity contribution in [1.29, 1.82) is 0 Å². The lowest BCUT2D eigenvalue weighted by Gasteiger charge is -2.37. The van der Waals surface area contributed by atoms with Crippen LogP contribution < -0.4 is 0 Å². The summed E-state index contributed by atoms with van der Waals surface area (Å²) in [6.07, 6.45) is 4.82. The van der Waals surface area contributed by atoms with Gasteiger partial charge < -0.3 is 14.9 Å². The van der Waals surface area contributed by atoms with Crippen molar-refractivity contribution in [2.45, 2.75) is 51.7 Å². The zero-order chi connectivity index (χ0) is 13.3. The Hall–Kier alpha value is -0.120. The molecular formula is C15H30N2O. The molecule has 18 heavy (non-hydrogen) atoms. The van der Waals surface area contributed by atoms with Crippen LogP contribution in [-0.4, -0.2) is 60.8 Å². The fourth-order valence-electron chi connectivity index (χ4n) is 3.64. The third kappa shape index (κ3) is 3.06. The Kier molecular flexibility index (Phi) is 4.35. The largest absolute Gasteiger partial charge is 0.392 e. The maximum Gasteiger partial charge on any atom is 0.0631 e. The maximum absolute atomic E-state index is 10.4. The van der Waals surface area contributed by atoms with Crippen LogP contribution in [0, 0.1) is 11.3 Å². The second-order valence-corrected chi connectivity index (χ2v) is 7.23. The standard InChI is InChI=1S/C15H30N2O/c1-15(2)8-5-12(14(15)18)11-17-9-6-13(7-10-17)16(3)4/h12-14,18H,5-11H2,1-4H3. The highest BCUT2D eigenvalue weighted by molar-refractivity contribution is 4.92. The van der Waals surface area contributed by atoms with Gasteiger partial charge in [-0.2, -0.15) is 0 Å². The molecule has 2 unspecified atom stereocenters. The molecule has 1 heterocycles. The first-order valence-corrected chi connectivity index (χ1v) is 7.47. The average molecular weight is 254 g/mol. The predicted octanol–water partition coefficient (Wildman–Crippen LogP) is 1.81. The lowest BCUT2D eigenvalue weighted by atomic mass is 9.87. The molecule has 1 saturated heterocycles. The highest BCUT2D eigenvalue weighted by Gasteiger charge is 2.41. The zero-order valence-corrected chi connectivity index (χ0v) is 12.5. The minimum Gasteiger partial charge on any atom is -0.392 e. The van der Waals surface area contributed by atoms with E-state index in [4.69, 9.17) is 0 Å². The van der Waals surface area contributed by atoms with Gasteiger partial charge in [0.1, 0.15) is 0 Å². The Morgan fingerprint density at radius 1 is 1.17 bits per heavy atom. The molecule has 1 saturated carbocycles. The SMILES string of the molecule is CN(C)C1CCN(CC2CCC(C)(C)C2O)CC1. The van der Waals surface area contributed by atoms with Crippen LogP contribution in [-0.2, 0) is 0 Å². The molecule has 0 amide bonds. The number of hydrogen-bond acceptors (Lipinski definition) is 3. The third-order valence-corrected chi connectivity index (χ3v) is 5.19. The van der Waals surface area contributed by atoms with E-state index in [1.807, 2.05) is 0 Å². The average Bonchev–Trinajstić information content (AvgIpc) is 2.57. The van der Waals surface area contributed by atoms with E-state index >= 15 is 0 Å². The molecule has 0 aromatic heterocycles. The number of rotatable bonds is 3. The van der Waals surface area contributed by atoms with Gasteiger partial charge >= 0.3 is 0 Å². The van der Waals surface area contributed by atoms with Crippen molar-refractivity contribution >= 4 is 0 Å². The summed E-state index contributed by atoms with van der Waals surface area (Å²) in [4.78, 5) is 4.92. The molecule has 3 nitrogen and oxygen atoms in total.